The van der Waals surface area contributed by atoms with Gasteiger partial charge in [-0.1, -0.05) is 6.08 Å². The molecule has 1 aliphatic rings. The third-order valence-corrected chi connectivity index (χ3v) is 4.42. The number of ether oxygens (including phenoxy) is 1. The number of aryl methyl sites for hydroxylation is 1. The van der Waals surface area contributed by atoms with Crippen LogP contribution in [-0.2, 0) is 11.3 Å². The van der Waals surface area contributed by atoms with E-state index in [2.05, 4.69) is 16.5 Å². The number of carbonyl (C=O) groups is 1. The summed E-state index contributed by atoms with van der Waals surface area (Å²) in [4.78, 5) is 31.9. The summed E-state index contributed by atoms with van der Waals surface area (Å²) in [6, 6.07) is 3.35. The molecule has 2 aromatic rings. The molecule has 0 radical (unpaired) electrons. The Morgan fingerprint density at radius 2 is 2.08 bits per heavy atom. The second-order valence-corrected chi connectivity index (χ2v) is 6.19. The van der Waals surface area contributed by atoms with E-state index >= 15 is 0 Å². The summed E-state index contributed by atoms with van der Waals surface area (Å²) in [5.74, 6) is -0.387. The lowest BCUT2D eigenvalue weighted by Crippen LogP contribution is -2.26. The van der Waals surface area contributed by atoms with Crippen molar-refractivity contribution >= 4 is 22.7 Å². The molecule has 0 spiro atoms. The molecule has 0 aliphatic carbocycles. The third kappa shape index (κ3) is 3.16. The second-order valence-electron chi connectivity index (χ2n) is 6.19. The number of hydrogen-bond acceptors (Lipinski definition) is 5. The zero-order valence-electron chi connectivity index (χ0n) is 14.7. The van der Waals surface area contributed by atoms with Crippen LogP contribution in [0.2, 0.25) is 0 Å². The maximum atomic E-state index is 12.7. The fraction of sp³-hybridized carbons (Fsp3) is 0.421. The van der Waals surface area contributed by atoms with Crippen LogP contribution in [0, 0.1) is 6.92 Å². The number of pyridine rings is 2. The molecular weight excluding hydrogens is 318 g/mol. The summed E-state index contributed by atoms with van der Waals surface area (Å²) >= 11 is 0. The van der Waals surface area contributed by atoms with Crippen LogP contribution >= 0.6 is 0 Å². The molecule has 132 valence electrons. The first kappa shape index (κ1) is 17.2. The number of nitrogens with zero attached hydrogens (tertiary/aromatic N) is 3. The number of rotatable bonds is 5. The van der Waals surface area contributed by atoms with Crippen LogP contribution in [0.3, 0.4) is 0 Å². The van der Waals surface area contributed by atoms with E-state index in [-0.39, 0.29) is 11.5 Å². The Morgan fingerprint density at radius 3 is 2.72 bits per heavy atom. The summed E-state index contributed by atoms with van der Waals surface area (Å²) < 4.78 is 6.80. The Hall–Kier alpha value is -2.63. The highest BCUT2D eigenvalue weighted by Crippen LogP contribution is 2.31. The van der Waals surface area contributed by atoms with Crippen LogP contribution in [0.4, 0.5) is 5.69 Å². The number of allylic oxidation sites excluding steroid dienone is 1. The Kier molecular flexibility index (Phi) is 4.88. The first-order valence-electron chi connectivity index (χ1n) is 8.65. The van der Waals surface area contributed by atoms with E-state index in [9.17, 15) is 9.59 Å². The van der Waals surface area contributed by atoms with Gasteiger partial charge in [0.1, 0.15) is 5.65 Å². The van der Waals surface area contributed by atoms with Gasteiger partial charge in [0.25, 0.3) is 5.56 Å². The molecule has 6 nitrogen and oxygen atoms in total. The quantitative estimate of drug-likeness (QED) is 0.618. The molecular formula is C19H23N3O3. The summed E-state index contributed by atoms with van der Waals surface area (Å²) in [6.07, 6.45) is 3.81. The molecule has 1 aliphatic heterocycles. The number of fused-ring (bicyclic) bond motifs is 1. The standard InChI is InChI=1S/C19H23N3O3/c1-4-8-22-16(23)12-15(21-9-6-7-10-21)17-14(19(24)25-5-2)11-13(3)20-18(17)22/h4,11-12H,1,5-10H2,2-3H3. The molecule has 0 N–H and O–H groups in total. The molecule has 3 heterocycles. The van der Waals surface area contributed by atoms with Gasteiger partial charge in [0.05, 0.1) is 23.2 Å². The zero-order chi connectivity index (χ0) is 18.0. The van der Waals surface area contributed by atoms with Crippen molar-refractivity contribution < 1.29 is 9.53 Å². The van der Waals surface area contributed by atoms with E-state index in [4.69, 9.17) is 4.74 Å². The molecule has 3 rings (SSSR count). The number of anilines is 1. The molecule has 2 aromatic heterocycles. The monoisotopic (exact) mass is 341 g/mol. The highest BCUT2D eigenvalue weighted by atomic mass is 16.5. The smallest absolute Gasteiger partial charge is 0.339 e. The maximum Gasteiger partial charge on any atom is 0.339 e. The van der Waals surface area contributed by atoms with E-state index < -0.39 is 0 Å². The van der Waals surface area contributed by atoms with Crippen LogP contribution in [-0.4, -0.2) is 35.2 Å². The van der Waals surface area contributed by atoms with Gasteiger partial charge in [-0.15, -0.1) is 6.58 Å². The van der Waals surface area contributed by atoms with Gasteiger partial charge in [-0.2, -0.15) is 0 Å². The molecule has 0 saturated carbocycles. The van der Waals surface area contributed by atoms with Gasteiger partial charge >= 0.3 is 5.97 Å². The van der Waals surface area contributed by atoms with Crippen molar-refractivity contribution in [1.82, 2.24) is 9.55 Å². The largest absolute Gasteiger partial charge is 0.462 e. The summed E-state index contributed by atoms with van der Waals surface area (Å²) in [5, 5.41) is 0.687. The van der Waals surface area contributed by atoms with Crippen molar-refractivity contribution in [2.75, 3.05) is 24.6 Å². The SMILES string of the molecule is C=CCn1c(=O)cc(N2CCCC2)c2c(C(=O)OCC)cc(C)nc21. The molecule has 0 aromatic carbocycles. The highest BCUT2D eigenvalue weighted by Gasteiger charge is 2.24. The van der Waals surface area contributed by atoms with E-state index in [0.29, 0.717) is 35.4 Å². The number of hydrogen-bond donors (Lipinski definition) is 0. The van der Waals surface area contributed by atoms with Gasteiger partial charge in [0, 0.05) is 31.4 Å². The fourth-order valence-corrected chi connectivity index (χ4v) is 3.36. The van der Waals surface area contributed by atoms with Crippen LogP contribution in [0.15, 0.2) is 29.6 Å². The summed E-state index contributed by atoms with van der Waals surface area (Å²) in [5.41, 5.74) is 2.28. The van der Waals surface area contributed by atoms with Gasteiger partial charge in [-0.05, 0) is 32.8 Å². The average Bonchev–Trinajstić information content (AvgIpc) is 3.11. The van der Waals surface area contributed by atoms with Crippen LogP contribution < -0.4 is 10.5 Å². The zero-order valence-corrected chi connectivity index (χ0v) is 14.7. The van der Waals surface area contributed by atoms with Crippen molar-refractivity contribution in [3.05, 3.63) is 46.4 Å². The first-order chi connectivity index (χ1) is 12.1. The topological polar surface area (TPSA) is 64.4 Å². The average molecular weight is 341 g/mol. The Labute approximate surface area is 146 Å². The van der Waals surface area contributed by atoms with Gasteiger partial charge < -0.3 is 9.64 Å². The van der Waals surface area contributed by atoms with Gasteiger partial charge in [0.15, 0.2) is 0 Å². The minimum atomic E-state index is -0.387. The van der Waals surface area contributed by atoms with Crippen LogP contribution in [0.25, 0.3) is 11.0 Å². The number of aromatic nitrogens is 2. The molecule has 1 fully saturated rings. The molecule has 1 saturated heterocycles. The van der Waals surface area contributed by atoms with E-state index in [0.717, 1.165) is 31.6 Å². The van der Waals surface area contributed by atoms with Crippen LogP contribution in [0.5, 0.6) is 0 Å². The Bertz CT molecular complexity index is 880. The minimum Gasteiger partial charge on any atom is -0.462 e. The second kappa shape index (κ2) is 7.09. The van der Waals surface area contributed by atoms with E-state index in [1.807, 2.05) is 6.92 Å². The third-order valence-electron chi connectivity index (χ3n) is 4.42. The lowest BCUT2D eigenvalue weighted by molar-refractivity contribution is 0.0528. The fourth-order valence-electron chi connectivity index (χ4n) is 3.36. The maximum absolute atomic E-state index is 12.7. The lowest BCUT2D eigenvalue weighted by atomic mass is 10.1. The van der Waals surface area contributed by atoms with Gasteiger partial charge in [-0.25, -0.2) is 9.78 Å². The number of carbonyl (C=O) groups excluding carboxylic acids is 1. The Morgan fingerprint density at radius 1 is 1.36 bits per heavy atom. The Balaban J connectivity index is 2.37. The van der Waals surface area contributed by atoms with Crippen molar-refractivity contribution in [3.8, 4) is 0 Å². The van der Waals surface area contributed by atoms with Crippen molar-refractivity contribution in [2.45, 2.75) is 33.2 Å². The molecule has 0 atom stereocenters. The van der Waals surface area contributed by atoms with Gasteiger partial charge in [-0.3, -0.25) is 9.36 Å². The minimum absolute atomic E-state index is 0.137. The first-order valence-corrected chi connectivity index (χ1v) is 8.65. The lowest BCUT2D eigenvalue weighted by Gasteiger charge is -2.22. The molecule has 0 bridgehead atoms. The van der Waals surface area contributed by atoms with Crippen molar-refractivity contribution in [1.29, 1.82) is 0 Å². The summed E-state index contributed by atoms with van der Waals surface area (Å²) in [6.45, 7) is 9.70. The molecule has 0 unspecified atom stereocenters. The normalized spacial score (nSPS) is 14.1. The molecule has 6 heteroatoms. The van der Waals surface area contributed by atoms with Crippen molar-refractivity contribution in [3.63, 3.8) is 0 Å². The predicted octanol–water partition coefficient (Wildman–Crippen LogP) is 2.67. The van der Waals surface area contributed by atoms with E-state index in [1.165, 1.54) is 0 Å². The number of esters is 1. The highest BCUT2D eigenvalue weighted by molar-refractivity contribution is 6.08. The molecule has 25 heavy (non-hydrogen) atoms. The van der Waals surface area contributed by atoms with Crippen LogP contribution in [0.1, 0.15) is 35.8 Å². The van der Waals surface area contributed by atoms with Crippen molar-refractivity contribution in [2.24, 2.45) is 0 Å². The van der Waals surface area contributed by atoms with Gasteiger partial charge in [0.2, 0.25) is 0 Å². The molecule has 0 amide bonds. The predicted molar refractivity (Wildman–Crippen MR) is 98.3 cm³/mol. The summed E-state index contributed by atoms with van der Waals surface area (Å²) in [7, 11) is 0. The van der Waals surface area contributed by atoms with E-state index in [1.54, 1.807) is 29.7 Å².